The lowest BCUT2D eigenvalue weighted by atomic mass is 10.1. The van der Waals surface area contributed by atoms with Crippen LogP contribution in [0.2, 0.25) is 0 Å². The number of aryl methyl sites for hydroxylation is 2. The third-order valence-corrected chi connectivity index (χ3v) is 6.88. The van der Waals surface area contributed by atoms with Gasteiger partial charge in [0.15, 0.2) is 5.82 Å². The fourth-order valence-electron chi connectivity index (χ4n) is 5.06. The van der Waals surface area contributed by atoms with E-state index in [0.717, 1.165) is 74.9 Å². The molecule has 0 atom stereocenters. The molecule has 0 aromatic carbocycles. The average Bonchev–Trinajstić information content (AvgIpc) is 3.50. The van der Waals surface area contributed by atoms with Crippen molar-refractivity contribution in [1.82, 2.24) is 34.5 Å². The Kier molecular flexibility index (Phi) is 5.75. The van der Waals surface area contributed by atoms with Crippen LogP contribution in [-0.4, -0.2) is 67.9 Å². The van der Waals surface area contributed by atoms with Gasteiger partial charge >= 0.3 is 0 Å². The number of anilines is 1. The highest BCUT2D eigenvalue weighted by Crippen LogP contribution is 2.34. The Morgan fingerprint density at radius 2 is 1.81 bits per heavy atom. The maximum absolute atomic E-state index is 5.62. The van der Waals surface area contributed by atoms with Crippen LogP contribution in [0.1, 0.15) is 31.3 Å². The SMILES string of the molecule is COc1ccncc1-c1cc2c(cnn2-c2cc3c(c(C)nn3C(C)C)c(N3CCOCC3)n2)c(C)n1. The van der Waals surface area contributed by atoms with Crippen LogP contribution >= 0.6 is 0 Å². The predicted octanol–water partition coefficient (Wildman–Crippen LogP) is 4.27. The van der Waals surface area contributed by atoms with E-state index in [9.17, 15) is 0 Å². The summed E-state index contributed by atoms with van der Waals surface area (Å²) in [4.78, 5) is 16.6. The van der Waals surface area contributed by atoms with E-state index in [1.807, 2.05) is 29.9 Å². The van der Waals surface area contributed by atoms with E-state index >= 15 is 0 Å². The summed E-state index contributed by atoms with van der Waals surface area (Å²) in [5, 5.41) is 11.7. The number of morpholine rings is 1. The zero-order chi connectivity index (χ0) is 25.7. The first-order chi connectivity index (χ1) is 18.0. The number of fused-ring (bicyclic) bond motifs is 2. The summed E-state index contributed by atoms with van der Waals surface area (Å²) in [5.74, 6) is 2.38. The molecule has 6 rings (SSSR count). The Balaban J connectivity index is 1.60. The van der Waals surface area contributed by atoms with Crippen molar-refractivity contribution in [3.05, 3.63) is 48.2 Å². The molecule has 190 valence electrons. The lowest BCUT2D eigenvalue weighted by Gasteiger charge is -2.29. The van der Waals surface area contributed by atoms with Crippen molar-refractivity contribution in [2.45, 2.75) is 33.7 Å². The maximum atomic E-state index is 5.62. The van der Waals surface area contributed by atoms with Gasteiger partial charge in [0.2, 0.25) is 0 Å². The van der Waals surface area contributed by atoms with Crippen LogP contribution in [0.15, 0.2) is 36.8 Å². The molecule has 0 saturated carbocycles. The minimum atomic E-state index is 0.203. The first-order valence-corrected chi connectivity index (χ1v) is 12.5. The molecule has 5 aromatic heterocycles. The van der Waals surface area contributed by atoms with Crippen LogP contribution in [0.5, 0.6) is 5.75 Å². The summed E-state index contributed by atoms with van der Waals surface area (Å²) in [6.45, 7) is 11.3. The van der Waals surface area contributed by atoms with Crippen LogP contribution in [0, 0.1) is 13.8 Å². The summed E-state index contributed by atoms with van der Waals surface area (Å²) >= 11 is 0. The lowest BCUT2D eigenvalue weighted by molar-refractivity contribution is 0.122. The van der Waals surface area contributed by atoms with E-state index in [4.69, 9.17) is 29.6 Å². The second kappa shape index (κ2) is 9.11. The Hall–Kier alpha value is -4.05. The normalized spacial score (nSPS) is 14.3. The van der Waals surface area contributed by atoms with E-state index in [2.05, 4.69) is 41.4 Å². The Bertz CT molecular complexity index is 1610. The first-order valence-electron chi connectivity index (χ1n) is 12.5. The van der Waals surface area contributed by atoms with Crippen molar-refractivity contribution in [2.24, 2.45) is 0 Å². The van der Waals surface area contributed by atoms with Gasteiger partial charge in [0, 0.05) is 48.7 Å². The highest BCUT2D eigenvalue weighted by molar-refractivity contribution is 5.94. The van der Waals surface area contributed by atoms with Gasteiger partial charge < -0.3 is 14.4 Å². The second-order valence-electron chi connectivity index (χ2n) is 9.58. The van der Waals surface area contributed by atoms with E-state index < -0.39 is 0 Å². The molecule has 0 amide bonds. The Morgan fingerprint density at radius 3 is 2.57 bits per heavy atom. The fraction of sp³-hybridized carbons (Fsp3) is 0.370. The number of nitrogens with zero attached hydrogens (tertiary/aromatic N) is 8. The van der Waals surface area contributed by atoms with Gasteiger partial charge in [-0.15, -0.1) is 0 Å². The third kappa shape index (κ3) is 3.88. The number of methoxy groups -OCH3 is 1. The molecule has 10 heteroatoms. The fourth-order valence-corrected chi connectivity index (χ4v) is 5.06. The topological polar surface area (TPSA) is 96.0 Å². The van der Waals surface area contributed by atoms with Crippen LogP contribution in [0.25, 0.3) is 38.9 Å². The van der Waals surface area contributed by atoms with Crippen molar-refractivity contribution < 1.29 is 9.47 Å². The molecule has 1 aliphatic rings. The van der Waals surface area contributed by atoms with E-state index in [-0.39, 0.29) is 6.04 Å². The van der Waals surface area contributed by atoms with Gasteiger partial charge in [-0.3, -0.25) is 14.6 Å². The zero-order valence-electron chi connectivity index (χ0n) is 21.8. The minimum absolute atomic E-state index is 0.203. The molecule has 0 N–H and O–H groups in total. The molecule has 1 saturated heterocycles. The molecule has 0 spiro atoms. The van der Waals surface area contributed by atoms with Gasteiger partial charge in [-0.25, -0.2) is 9.67 Å². The Labute approximate surface area is 214 Å². The van der Waals surface area contributed by atoms with E-state index in [1.165, 1.54) is 0 Å². The molecule has 1 aliphatic heterocycles. The second-order valence-corrected chi connectivity index (χ2v) is 9.58. The minimum Gasteiger partial charge on any atom is -0.496 e. The monoisotopic (exact) mass is 498 g/mol. The number of hydrogen-bond acceptors (Lipinski definition) is 8. The Morgan fingerprint density at radius 1 is 1.00 bits per heavy atom. The molecule has 1 fully saturated rings. The van der Waals surface area contributed by atoms with Crippen LogP contribution < -0.4 is 9.64 Å². The van der Waals surface area contributed by atoms with Gasteiger partial charge in [0.05, 0.1) is 59.9 Å². The van der Waals surface area contributed by atoms with E-state index in [0.29, 0.717) is 13.2 Å². The number of ether oxygens (including phenoxy) is 2. The summed E-state index contributed by atoms with van der Waals surface area (Å²) in [7, 11) is 1.65. The molecular weight excluding hydrogens is 468 g/mol. The van der Waals surface area contributed by atoms with Gasteiger partial charge in [-0.1, -0.05) is 0 Å². The van der Waals surface area contributed by atoms with Crippen molar-refractivity contribution in [1.29, 1.82) is 0 Å². The molecule has 0 unspecified atom stereocenters. The highest BCUT2D eigenvalue weighted by atomic mass is 16.5. The van der Waals surface area contributed by atoms with Gasteiger partial charge in [0.25, 0.3) is 0 Å². The van der Waals surface area contributed by atoms with Crippen molar-refractivity contribution >= 4 is 27.6 Å². The summed E-state index contributed by atoms with van der Waals surface area (Å²) < 4.78 is 15.2. The summed E-state index contributed by atoms with van der Waals surface area (Å²) in [5.41, 5.74) is 5.41. The molecule has 10 nitrogen and oxygen atoms in total. The smallest absolute Gasteiger partial charge is 0.158 e. The standard InChI is InChI=1S/C27H30N8O2/c1-16(2)34-23-13-25(31-27(26(23)18(4)32-34)33-8-10-37-11-9-33)35-22-12-21(30-17(3)19(22)15-29-35)20-14-28-7-6-24(20)36-5/h6-7,12-16H,8-11H2,1-5H3. The van der Waals surface area contributed by atoms with Crippen molar-refractivity contribution in [2.75, 3.05) is 38.3 Å². The van der Waals surface area contributed by atoms with Gasteiger partial charge in [-0.2, -0.15) is 10.2 Å². The van der Waals surface area contributed by atoms with Gasteiger partial charge in [-0.05, 0) is 39.8 Å². The molecular formula is C27H30N8O2. The number of aromatic nitrogens is 7. The first kappa shape index (κ1) is 23.4. The van der Waals surface area contributed by atoms with Crippen LogP contribution in [0.4, 0.5) is 5.82 Å². The summed E-state index contributed by atoms with van der Waals surface area (Å²) in [6.07, 6.45) is 5.34. The molecule has 37 heavy (non-hydrogen) atoms. The number of hydrogen-bond donors (Lipinski definition) is 0. The molecule has 0 aliphatic carbocycles. The summed E-state index contributed by atoms with van der Waals surface area (Å²) in [6, 6.07) is 6.16. The third-order valence-electron chi connectivity index (χ3n) is 6.88. The molecule has 0 radical (unpaired) electrons. The maximum Gasteiger partial charge on any atom is 0.158 e. The van der Waals surface area contributed by atoms with Crippen LogP contribution in [0.3, 0.4) is 0 Å². The van der Waals surface area contributed by atoms with Crippen molar-refractivity contribution in [3.8, 4) is 22.8 Å². The lowest BCUT2D eigenvalue weighted by Crippen LogP contribution is -2.37. The average molecular weight is 499 g/mol. The molecule has 6 heterocycles. The quantitative estimate of drug-likeness (QED) is 0.355. The molecule has 5 aromatic rings. The van der Waals surface area contributed by atoms with Gasteiger partial charge in [0.1, 0.15) is 11.6 Å². The van der Waals surface area contributed by atoms with E-state index in [1.54, 1.807) is 19.5 Å². The largest absolute Gasteiger partial charge is 0.496 e. The van der Waals surface area contributed by atoms with Crippen LogP contribution in [-0.2, 0) is 4.74 Å². The highest BCUT2D eigenvalue weighted by Gasteiger charge is 2.23. The molecule has 0 bridgehead atoms. The number of pyridine rings is 3. The predicted molar refractivity (Wildman–Crippen MR) is 143 cm³/mol. The zero-order valence-corrected chi connectivity index (χ0v) is 21.8. The van der Waals surface area contributed by atoms with Crippen molar-refractivity contribution in [3.63, 3.8) is 0 Å². The number of rotatable bonds is 5.